The van der Waals surface area contributed by atoms with Crippen LogP contribution in [0.15, 0.2) is 36.4 Å². The molecule has 0 radical (unpaired) electrons. The molecule has 0 saturated carbocycles. The molecule has 2 aromatic rings. The topological polar surface area (TPSA) is 95.8 Å². The van der Waals surface area contributed by atoms with Gasteiger partial charge in [-0.1, -0.05) is 37.0 Å². The lowest BCUT2D eigenvalue weighted by Gasteiger charge is -2.36. The lowest BCUT2D eigenvalue weighted by atomic mass is 10.1. The maximum atomic E-state index is 12.6. The molecular weight excluding hydrogens is 455 g/mol. The average Bonchev–Trinajstić information content (AvgIpc) is 2.73. The molecule has 0 bridgehead atoms. The number of piperazine rings is 1. The minimum absolute atomic E-state index is 0.00301. The number of amides is 2. The quantitative estimate of drug-likeness (QED) is 0.472. The van der Waals surface area contributed by atoms with E-state index < -0.39 is 10.8 Å². The van der Waals surface area contributed by atoms with E-state index in [9.17, 15) is 19.7 Å². The van der Waals surface area contributed by atoms with Crippen molar-refractivity contribution in [2.45, 2.75) is 20.3 Å². The van der Waals surface area contributed by atoms with Gasteiger partial charge in [0.25, 0.3) is 11.6 Å². The maximum absolute atomic E-state index is 12.6. The summed E-state index contributed by atoms with van der Waals surface area (Å²) >= 11 is 12.5. The monoisotopic (exact) mass is 478 g/mol. The maximum Gasteiger partial charge on any atom is 0.270 e. The molecule has 0 spiro atoms. The van der Waals surface area contributed by atoms with Gasteiger partial charge < -0.3 is 15.1 Å². The molecule has 0 atom stereocenters. The number of carbonyl (C=O) groups is 2. The van der Waals surface area contributed by atoms with E-state index in [1.165, 1.54) is 12.1 Å². The van der Waals surface area contributed by atoms with Crippen molar-refractivity contribution < 1.29 is 14.5 Å². The Kier molecular flexibility index (Phi) is 7.58. The molecule has 1 heterocycles. The van der Waals surface area contributed by atoms with E-state index in [0.29, 0.717) is 49.2 Å². The van der Waals surface area contributed by atoms with Crippen LogP contribution in [-0.4, -0.2) is 47.8 Å². The van der Waals surface area contributed by atoms with Crippen molar-refractivity contribution in [2.75, 3.05) is 36.4 Å². The van der Waals surface area contributed by atoms with Crippen LogP contribution >= 0.6 is 23.2 Å². The highest BCUT2D eigenvalue weighted by Crippen LogP contribution is 2.30. The van der Waals surface area contributed by atoms with E-state index >= 15 is 0 Å². The van der Waals surface area contributed by atoms with Gasteiger partial charge in [0.2, 0.25) is 5.91 Å². The predicted octanol–water partition coefficient (Wildman–Crippen LogP) is 4.85. The SMILES string of the molecule is CC(C)CC(=O)N1CCN(c2ccc(NC(=O)c3cc([N+](=O)[O-])ccc3Cl)cc2Cl)CC1. The molecule has 2 amide bonds. The first-order valence-corrected chi connectivity index (χ1v) is 11.0. The van der Waals surface area contributed by atoms with Crippen LogP contribution in [0.4, 0.5) is 17.1 Å². The summed E-state index contributed by atoms with van der Waals surface area (Å²) in [6.07, 6.45) is 0.545. The Labute approximate surface area is 196 Å². The Bertz CT molecular complexity index is 1040. The summed E-state index contributed by atoms with van der Waals surface area (Å²) in [6, 6.07) is 8.82. The number of halogens is 2. The summed E-state index contributed by atoms with van der Waals surface area (Å²) in [5, 5.41) is 14.2. The highest BCUT2D eigenvalue weighted by atomic mass is 35.5. The third-order valence-electron chi connectivity index (χ3n) is 5.17. The van der Waals surface area contributed by atoms with Crippen molar-refractivity contribution >= 4 is 52.1 Å². The van der Waals surface area contributed by atoms with Crippen molar-refractivity contribution in [3.05, 3.63) is 62.1 Å². The highest BCUT2D eigenvalue weighted by Gasteiger charge is 2.23. The number of nitro groups is 1. The third kappa shape index (κ3) is 5.69. The first-order valence-electron chi connectivity index (χ1n) is 10.2. The van der Waals surface area contributed by atoms with Crippen molar-refractivity contribution in [3.8, 4) is 0 Å². The lowest BCUT2D eigenvalue weighted by Crippen LogP contribution is -2.49. The smallest absolute Gasteiger partial charge is 0.270 e. The van der Waals surface area contributed by atoms with Gasteiger partial charge in [-0.25, -0.2) is 0 Å². The van der Waals surface area contributed by atoms with Crippen LogP contribution in [0.25, 0.3) is 0 Å². The Morgan fingerprint density at radius 3 is 2.34 bits per heavy atom. The number of hydrogen-bond acceptors (Lipinski definition) is 5. The molecule has 1 saturated heterocycles. The first-order chi connectivity index (χ1) is 15.2. The highest BCUT2D eigenvalue weighted by molar-refractivity contribution is 6.35. The molecule has 8 nitrogen and oxygen atoms in total. The number of carbonyl (C=O) groups excluding carboxylic acids is 2. The Morgan fingerprint density at radius 2 is 1.75 bits per heavy atom. The number of nitrogens with zero attached hydrogens (tertiary/aromatic N) is 3. The second-order valence-electron chi connectivity index (χ2n) is 8.01. The minimum Gasteiger partial charge on any atom is -0.367 e. The normalized spacial score (nSPS) is 13.9. The lowest BCUT2D eigenvalue weighted by molar-refractivity contribution is -0.384. The van der Waals surface area contributed by atoms with Gasteiger partial charge in [-0.05, 0) is 30.2 Å². The van der Waals surface area contributed by atoms with Crippen molar-refractivity contribution in [3.63, 3.8) is 0 Å². The Balaban J connectivity index is 1.66. The summed E-state index contributed by atoms with van der Waals surface area (Å²) in [6.45, 7) is 6.65. The second-order valence-corrected chi connectivity index (χ2v) is 8.82. The summed E-state index contributed by atoms with van der Waals surface area (Å²) in [4.78, 5) is 39.2. The van der Waals surface area contributed by atoms with Crippen LogP contribution in [0, 0.1) is 16.0 Å². The van der Waals surface area contributed by atoms with Crippen LogP contribution in [0.2, 0.25) is 10.0 Å². The summed E-state index contributed by atoms with van der Waals surface area (Å²) < 4.78 is 0. The van der Waals surface area contributed by atoms with E-state index in [2.05, 4.69) is 10.2 Å². The standard InChI is InChI=1S/C22H24Cl2N4O4/c1-14(2)11-21(29)27-9-7-26(8-10-27)20-6-3-15(12-19(20)24)25-22(30)17-13-16(28(31)32)4-5-18(17)23/h3-6,12-14H,7-11H2,1-2H3,(H,25,30). The van der Waals surface area contributed by atoms with Crippen LogP contribution in [0.3, 0.4) is 0 Å². The largest absolute Gasteiger partial charge is 0.367 e. The third-order valence-corrected chi connectivity index (χ3v) is 5.80. The zero-order valence-corrected chi connectivity index (χ0v) is 19.3. The number of anilines is 2. The van der Waals surface area contributed by atoms with E-state index in [0.717, 1.165) is 11.8 Å². The van der Waals surface area contributed by atoms with Crippen molar-refractivity contribution in [1.82, 2.24) is 4.90 Å². The predicted molar refractivity (Wildman–Crippen MR) is 126 cm³/mol. The van der Waals surface area contributed by atoms with Gasteiger partial charge in [-0.15, -0.1) is 0 Å². The van der Waals surface area contributed by atoms with E-state index in [1.807, 2.05) is 18.7 Å². The Morgan fingerprint density at radius 1 is 1.06 bits per heavy atom. The minimum atomic E-state index is -0.588. The van der Waals surface area contributed by atoms with Crippen LogP contribution in [0.1, 0.15) is 30.6 Å². The molecule has 1 fully saturated rings. The average molecular weight is 479 g/mol. The molecule has 10 heteroatoms. The molecule has 0 aromatic heterocycles. The van der Waals surface area contributed by atoms with Crippen LogP contribution < -0.4 is 10.2 Å². The van der Waals surface area contributed by atoms with Gasteiger partial charge in [0.1, 0.15) is 0 Å². The summed E-state index contributed by atoms with van der Waals surface area (Å²) in [5.74, 6) is -0.0713. The first kappa shape index (κ1) is 23.8. The van der Waals surface area contributed by atoms with Gasteiger partial charge >= 0.3 is 0 Å². The molecule has 1 aliphatic rings. The van der Waals surface area contributed by atoms with E-state index in [-0.39, 0.29) is 22.2 Å². The Hall–Kier alpha value is -2.84. The van der Waals surface area contributed by atoms with Crippen molar-refractivity contribution in [1.29, 1.82) is 0 Å². The number of rotatable bonds is 6. The molecule has 32 heavy (non-hydrogen) atoms. The van der Waals surface area contributed by atoms with E-state index in [1.54, 1.807) is 18.2 Å². The summed E-state index contributed by atoms with van der Waals surface area (Å²) in [5.41, 5.74) is 1.04. The van der Waals surface area contributed by atoms with Crippen molar-refractivity contribution in [2.24, 2.45) is 5.92 Å². The van der Waals surface area contributed by atoms with E-state index in [4.69, 9.17) is 23.2 Å². The number of nitrogens with one attached hydrogen (secondary N) is 1. The van der Waals surface area contributed by atoms with Crippen LogP contribution in [-0.2, 0) is 4.79 Å². The van der Waals surface area contributed by atoms with Gasteiger partial charge in [0.05, 0.1) is 26.2 Å². The molecule has 170 valence electrons. The summed E-state index contributed by atoms with van der Waals surface area (Å²) in [7, 11) is 0. The van der Waals surface area contributed by atoms with Crippen LogP contribution in [0.5, 0.6) is 0 Å². The molecule has 1 N–H and O–H groups in total. The van der Waals surface area contributed by atoms with Gasteiger partial charge in [-0.3, -0.25) is 19.7 Å². The zero-order valence-electron chi connectivity index (χ0n) is 17.8. The second kappa shape index (κ2) is 10.2. The zero-order chi connectivity index (χ0) is 23.4. The number of non-ortho nitro benzene ring substituents is 1. The molecule has 1 aliphatic heterocycles. The van der Waals surface area contributed by atoms with Gasteiger partial charge in [0, 0.05) is 50.4 Å². The number of hydrogen-bond donors (Lipinski definition) is 1. The molecule has 0 aliphatic carbocycles. The van der Waals surface area contributed by atoms with Gasteiger partial charge in [-0.2, -0.15) is 0 Å². The fraction of sp³-hybridized carbons (Fsp3) is 0.364. The number of benzene rings is 2. The fourth-order valence-electron chi connectivity index (χ4n) is 3.52. The molecule has 2 aromatic carbocycles. The number of nitro benzene ring substituents is 1. The molecule has 3 rings (SSSR count). The fourth-order valence-corrected chi connectivity index (χ4v) is 4.02. The molecule has 0 unspecified atom stereocenters. The van der Waals surface area contributed by atoms with Gasteiger partial charge in [0.15, 0.2) is 0 Å². The molecular formula is C22H24Cl2N4O4.